The minimum Gasteiger partial charge on any atom is -0.469 e. The Hall–Kier alpha value is -3.31. The Bertz CT molecular complexity index is 1380. The zero-order valence-electron chi connectivity index (χ0n) is 20.1. The van der Waals surface area contributed by atoms with Gasteiger partial charge in [0.05, 0.1) is 23.8 Å². The molecule has 0 aliphatic heterocycles. The number of carbonyl (C=O) groups excluding carboxylic acids is 2. The molecule has 4 rings (SSSR count). The number of furan rings is 1. The summed E-state index contributed by atoms with van der Waals surface area (Å²) in [5.41, 5.74) is 2.06. The maximum atomic E-state index is 13.5. The lowest BCUT2D eigenvalue weighted by atomic mass is 10.0. The number of amides is 1. The molecule has 0 saturated heterocycles. The largest absolute Gasteiger partial charge is 0.469 e. The van der Waals surface area contributed by atoms with E-state index in [-0.39, 0.29) is 53.6 Å². The molecule has 2 N–H and O–H groups in total. The summed E-state index contributed by atoms with van der Waals surface area (Å²) in [6, 6.07) is 7.36. The van der Waals surface area contributed by atoms with E-state index in [4.69, 9.17) is 4.42 Å². The maximum absolute atomic E-state index is 13.5. The van der Waals surface area contributed by atoms with Crippen LogP contribution in [0.1, 0.15) is 59.6 Å². The molecule has 1 aromatic carbocycles. The van der Waals surface area contributed by atoms with Gasteiger partial charge in [-0.3, -0.25) is 9.59 Å². The van der Waals surface area contributed by atoms with E-state index in [1.807, 2.05) is 0 Å². The average Bonchev–Trinajstić information content (AvgIpc) is 3.63. The Morgan fingerprint density at radius 3 is 2.56 bits per heavy atom. The van der Waals surface area contributed by atoms with Crippen LogP contribution in [0.25, 0.3) is 22.4 Å². The molecule has 1 aliphatic carbocycles. The van der Waals surface area contributed by atoms with E-state index in [1.165, 1.54) is 38.4 Å². The van der Waals surface area contributed by atoms with Crippen molar-refractivity contribution < 1.29 is 31.6 Å². The van der Waals surface area contributed by atoms with Gasteiger partial charge in [-0.2, -0.15) is 0 Å². The third kappa shape index (κ3) is 5.90. The second kappa shape index (κ2) is 10.8. The topological polar surface area (TPSA) is 128 Å². The molecule has 0 atom stereocenters. The van der Waals surface area contributed by atoms with Gasteiger partial charge in [0.1, 0.15) is 17.3 Å². The smallest absolute Gasteiger partial charge is 0.305 e. The fraction of sp³-hybridized carbons (Fsp3) is 0.400. The summed E-state index contributed by atoms with van der Waals surface area (Å²) >= 11 is 0. The Labute approximate surface area is 208 Å². The highest BCUT2D eigenvalue weighted by Crippen LogP contribution is 2.44. The molecule has 11 heteroatoms. The Morgan fingerprint density at radius 1 is 1.19 bits per heavy atom. The maximum Gasteiger partial charge on any atom is 0.305 e. The van der Waals surface area contributed by atoms with Gasteiger partial charge < -0.3 is 14.5 Å². The minimum absolute atomic E-state index is 0.139. The molecule has 0 unspecified atom stereocenters. The van der Waals surface area contributed by atoms with Gasteiger partial charge in [-0.25, -0.2) is 22.5 Å². The van der Waals surface area contributed by atoms with Crippen LogP contribution in [0, 0.1) is 5.82 Å². The summed E-state index contributed by atoms with van der Waals surface area (Å²) in [5.74, 6) is -1.08. The van der Waals surface area contributed by atoms with E-state index >= 15 is 0 Å². The Kier molecular flexibility index (Phi) is 7.70. The predicted molar refractivity (Wildman–Crippen MR) is 131 cm³/mol. The van der Waals surface area contributed by atoms with E-state index in [0.29, 0.717) is 29.5 Å². The highest BCUT2D eigenvalue weighted by molar-refractivity contribution is 7.88. The van der Waals surface area contributed by atoms with Crippen molar-refractivity contribution in [2.24, 2.45) is 0 Å². The number of hydrogen-bond acceptors (Lipinski definition) is 7. The SMILES string of the molecule is CNC(=O)c1c(-c2ccc(F)cc2)oc2nc(CS(=O)(=O)NCCCCC(=O)OC)c(C3CC3)cc12. The van der Waals surface area contributed by atoms with Crippen LogP contribution in [0.5, 0.6) is 0 Å². The second-order valence-electron chi connectivity index (χ2n) is 8.73. The van der Waals surface area contributed by atoms with E-state index in [0.717, 1.165) is 18.4 Å². The van der Waals surface area contributed by atoms with Crippen molar-refractivity contribution in [2.45, 2.75) is 43.8 Å². The van der Waals surface area contributed by atoms with Gasteiger partial charge in [-0.1, -0.05) is 0 Å². The number of nitrogens with one attached hydrogen (secondary N) is 2. The fourth-order valence-electron chi connectivity index (χ4n) is 4.05. The number of aromatic nitrogens is 1. The standard InChI is InChI=1S/C25H28FN3O6S/c1-27-24(31)22-19-13-18(15-6-7-15)20(14-36(32,33)28-12-4-3-5-21(30)34-2)29-25(19)35-23(22)16-8-10-17(26)11-9-16/h8-11,13,15,28H,3-7,12,14H2,1-2H3,(H,27,31). The quantitative estimate of drug-likeness (QED) is 0.294. The van der Waals surface area contributed by atoms with Crippen LogP contribution in [-0.4, -0.2) is 46.0 Å². The molecule has 1 fully saturated rings. The number of hydrogen-bond donors (Lipinski definition) is 2. The number of benzene rings is 1. The van der Waals surface area contributed by atoms with Gasteiger partial charge in [0.2, 0.25) is 15.7 Å². The van der Waals surface area contributed by atoms with Gasteiger partial charge in [0.25, 0.3) is 5.91 Å². The van der Waals surface area contributed by atoms with Crippen LogP contribution < -0.4 is 10.0 Å². The molecule has 0 bridgehead atoms. The molecule has 1 amide bonds. The van der Waals surface area contributed by atoms with Crippen molar-refractivity contribution in [3.63, 3.8) is 0 Å². The van der Waals surface area contributed by atoms with Crippen LogP contribution in [0.15, 0.2) is 34.7 Å². The number of ether oxygens (including phenoxy) is 1. The molecule has 9 nitrogen and oxygen atoms in total. The number of rotatable bonds is 11. The fourth-order valence-corrected chi connectivity index (χ4v) is 5.20. The Morgan fingerprint density at radius 2 is 1.92 bits per heavy atom. The van der Waals surface area contributed by atoms with Crippen molar-refractivity contribution in [3.8, 4) is 11.3 Å². The molecule has 1 saturated carbocycles. The first-order valence-corrected chi connectivity index (χ1v) is 13.4. The van der Waals surface area contributed by atoms with Crippen molar-refractivity contribution in [3.05, 3.63) is 53.0 Å². The highest BCUT2D eigenvalue weighted by Gasteiger charge is 2.31. The monoisotopic (exact) mass is 517 g/mol. The molecule has 192 valence electrons. The van der Waals surface area contributed by atoms with Gasteiger partial charge in [0.15, 0.2) is 0 Å². The first kappa shape index (κ1) is 25.8. The van der Waals surface area contributed by atoms with Crippen LogP contribution >= 0.6 is 0 Å². The number of unbranched alkanes of at least 4 members (excludes halogenated alkanes) is 1. The third-order valence-electron chi connectivity index (χ3n) is 6.06. The van der Waals surface area contributed by atoms with Gasteiger partial charge in [-0.05, 0) is 67.5 Å². The van der Waals surface area contributed by atoms with Crippen LogP contribution in [0.4, 0.5) is 4.39 Å². The van der Waals surface area contributed by atoms with E-state index in [2.05, 4.69) is 19.8 Å². The normalized spacial score (nSPS) is 13.6. The number of esters is 1. The Balaban J connectivity index is 1.64. The van der Waals surface area contributed by atoms with Crippen molar-refractivity contribution >= 4 is 33.0 Å². The van der Waals surface area contributed by atoms with Gasteiger partial charge >= 0.3 is 5.97 Å². The zero-order chi connectivity index (χ0) is 25.9. The van der Waals surface area contributed by atoms with E-state index in [1.54, 1.807) is 6.07 Å². The lowest BCUT2D eigenvalue weighted by Gasteiger charge is -2.10. The first-order chi connectivity index (χ1) is 17.2. The zero-order valence-corrected chi connectivity index (χ0v) is 20.9. The molecule has 0 radical (unpaired) electrons. The number of sulfonamides is 1. The lowest BCUT2D eigenvalue weighted by Crippen LogP contribution is -2.27. The van der Waals surface area contributed by atoms with Crippen molar-refractivity contribution in [1.82, 2.24) is 15.0 Å². The molecule has 36 heavy (non-hydrogen) atoms. The van der Waals surface area contributed by atoms with Crippen LogP contribution in [0.3, 0.4) is 0 Å². The van der Waals surface area contributed by atoms with Gasteiger partial charge in [-0.15, -0.1) is 0 Å². The molecule has 0 spiro atoms. The number of pyridine rings is 1. The lowest BCUT2D eigenvalue weighted by molar-refractivity contribution is -0.140. The number of methoxy groups -OCH3 is 1. The molecule has 3 aromatic rings. The minimum atomic E-state index is -3.71. The second-order valence-corrected chi connectivity index (χ2v) is 10.5. The highest BCUT2D eigenvalue weighted by atomic mass is 32.2. The molecule has 2 aromatic heterocycles. The summed E-state index contributed by atoms with van der Waals surface area (Å²) in [4.78, 5) is 28.5. The average molecular weight is 518 g/mol. The summed E-state index contributed by atoms with van der Waals surface area (Å²) in [6.45, 7) is 0.191. The third-order valence-corrected chi connectivity index (χ3v) is 7.35. The number of carbonyl (C=O) groups is 2. The number of halogens is 1. The van der Waals surface area contributed by atoms with Gasteiger partial charge in [0, 0.05) is 25.6 Å². The van der Waals surface area contributed by atoms with E-state index < -0.39 is 15.8 Å². The summed E-state index contributed by atoms with van der Waals surface area (Å²) < 4.78 is 52.1. The number of fused-ring (bicyclic) bond motifs is 1. The summed E-state index contributed by atoms with van der Waals surface area (Å²) in [5, 5.41) is 3.09. The first-order valence-electron chi connectivity index (χ1n) is 11.7. The van der Waals surface area contributed by atoms with Crippen molar-refractivity contribution in [2.75, 3.05) is 20.7 Å². The molecular formula is C25H28FN3O6S. The van der Waals surface area contributed by atoms with Crippen molar-refractivity contribution in [1.29, 1.82) is 0 Å². The number of nitrogens with zero attached hydrogens (tertiary/aromatic N) is 1. The van der Waals surface area contributed by atoms with E-state index in [9.17, 15) is 22.4 Å². The van der Waals surface area contributed by atoms with Crippen LogP contribution in [0.2, 0.25) is 0 Å². The summed E-state index contributed by atoms with van der Waals surface area (Å²) in [6.07, 6.45) is 3.03. The predicted octanol–water partition coefficient (Wildman–Crippen LogP) is 3.63. The summed E-state index contributed by atoms with van der Waals surface area (Å²) in [7, 11) is -0.897. The molecule has 1 aliphatic rings. The molecule has 2 heterocycles. The molecular weight excluding hydrogens is 489 g/mol. The van der Waals surface area contributed by atoms with Crippen LogP contribution in [-0.2, 0) is 25.3 Å².